The van der Waals surface area contributed by atoms with Gasteiger partial charge < -0.3 is 14.7 Å². The summed E-state index contributed by atoms with van der Waals surface area (Å²) in [7, 11) is -4.05. The molecule has 0 aliphatic carbocycles. The lowest BCUT2D eigenvalue weighted by Gasteiger charge is -2.15. The number of hydrogen-bond acceptors (Lipinski definition) is 2. The maximum absolute atomic E-state index is 10.8. The van der Waals surface area contributed by atoms with Gasteiger partial charge in [0.2, 0.25) is 5.91 Å². The average molecular weight is 179 g/mol. The standard InChI is InChI=1S/C5H10NO4P/c7-5-2-1-3-6(5)4-11(8,9)10/h1-4H2,(H2,8,9,10). The Kier molecular flexibility index (Phi) is 2.32. The van der Waals surface area contributed by atoms with Crippen LogP contribution in [-0.4, -0.2) is 33.4 Å². The minimum atomic E-state index is -4.05. The predicted molar refractivity (Wildman–Crippen MR) is 37.9 cm³/mol. The van der Waals surface area contributed by atoms with E-state index in [4.69, 9.17) is 9.79 Å². The second-order valence-electron chi connectivity index (χ2n) is 2.57. The van der Waals surface area contributed by atoms with Gasteiger partial charge in [-0.25, -0.2) is 0 Å². The number of amides is 1. The van der Waals surface area contributed by atoms with Crippen molar-refractivity contribution >= 4 is 13.5 Å². The van der Waals surface area contributed by atoms with E-state index < -0.39 is 13.9 Å². The normalized spacial score (nSPS) is 19.5. The van der Waals surface area contributed by atoms with Gasteiger partial charge in [-0.1, -0.05) is 0 Å². The van der Waals surface area contributed by atoms with Crippen LogP contribution in [0.4, 0.5) is 0 Å². The highest BCUT2D eigenvalue weighted by Crippen LogP contribution is 2.36. The second kappa shape index (κ2) is 2.93. The fraction of sp³-hybridized carbons (Fsp3) is 0.800. The van der Waals surface area contributed by atoms with E-state index in [1.807, 2.05) is 0 Å². The molecule has 0 radical (unpaired) electrons. The van der Waals surface area contributed by atoms with Crippen molar-refractivity contribution in [3.63, 3.8) is 0 Å². The van der Waals surface area contributed by atoms with Gasteiger partial charge in [-0.2, -0.15) is 0 Å². The molecule has 0 bridgehead atoms. The molecule has 1 amide bonds. The molecule has 0 aromatic rings. The van der Waals surface area contributed by atoms with Crippen LogP contribution >= 0.6 is 7.60 Å². The summed E-state index contributed by atoms with van der Waals surface area (Å²) in [5, 5.41) is 0. The number of nitrogens with zero attached hydrogens (tertiary/aromatic N) is 1. The van der Waals surface area contributed by atoms with Gasteiger partial charge in [0.25, 0.3) is 0 Å². The average Bonchev–Trinajstić information content (AvgIpc) is 2.12. The molecule has 2 N–H and O–H groups in total. The molecule has 1 heterocycles. The molecule has 0 aromatic heterocycles. The molecule has 0 unspecified atom stereocenters. The summed E-state index contributed by atoms with van der Waals surface area (Å²) < 4.78 is 10.4. The molecule has 64 valence electrons. The van der Waals surface area contributed by atoms with Crippen LogP contribution in [0.15, 0.2) is 0 Å². The Balaban J connectivity index is 2.50. The van der Waals surface area contributed by atoms with Crippen LogP contribution in [0.2, 0.25) is 0 Å². The summed E-state index contributed by atoms with van der Waals surface area (Å²) in [5.41, 5.74) is 0. The zero-order valence-electron chi connectivity index (χ0n) is 5.93. The van der Waals surface area contributed by atoms with Crippen LogP contribution in [0.5, 0.6) is 0 Å². The summed E-state index contributed by atoms with van der Waals surface area (Å²) in [6.45, 7) is 0.476. The maximum atomic E-state index is 10.8. The highest BCUT2D eigenvalue weighted by Gasteiger charge is 2.26. The molecule has 1 rings (SSSR count). The van der Waals surface area contributed by atoms with Crippen LogP contribution < -0.4 is 0 Å². The van der Waals surface area contributed by atoms with E-state index in [1.165, 1.54) is 4.90 Å². The van der Waals surface area contributed by atoms with Crippen molar-refractivity contribution in [3.8, 4) is 0 Å². The molecule has 6 heteroatoms. The van der Waals surface area contributed by atoms with Crippen LogP contribution in [0.3, 0.4) is 0 Å². The molecule has 0 spiro atoms. The van der Waals surface area contributed by atoms with Gasteiger partial charge >= 0.3 is 7.60 Å². The van der Waals surface area contributed by atoms with Gasteiger partial charge in [0.1, 0.15) is 6.29 Å². The van der Waals surface area contributed by atoms with E-state index in [1.54, 1.807) is 0 Å². The van der Waals surface area contributed by atoms with Crippen molar-refractivity contribution in [3.05, 3.63) is 0 Å². The molecule has 1 aliphatic heterocycles. The van der Waals surface area contributed by atoms with Gasteiger partial charge in [-0.05, 0) is 6.42 Å². The van der Waals surface area contributed by atoms with E-state index in [9.17, 15) is 9.36 Å². The summed E-state index contributed by atoms with van der Waals surface area (Å²) in [4.78, 5) is 29.1. The summed E-state index contributed by atoms with van der Waals surface area (Å²) in [6, 6.07) is 0. The number of carbonyl (C=O) groups is 1. The minimum absolute atomic E-state index is 0.159. The Labute approximate surface area is 64.2 Å². The van der Waals surface area contributed by atoms with Gasteiger partial charge in [-0.3, -0.25) is 9.36 Å². The lowest BCUT2D eigenvalue weighted by molar-refractivity contribution is -0.127. The van der Waals surface area contributed by atoms with Gasteiger partial charge in [0, 0.05) is 13.0 Å². The third kappa shape index (κ3) is 2.61. The van der Waals surface area contributed by atoms with Crippen molar-refractivity contribution in [2.45, 2.75) is 12.8 Å². The quantitative estimate of drug-likeness (QED) is 0.572. The first kappa shape index (κ1) is 8.71. The molecule has 11 heavy (non-hydrogen) atoms. The molecular formula is C5H10NO4P. The van der Waals surface area contributed by atoms with E-state index in [0.717, 1.165) is 0 Å². The zero-order chi connectivity index (χ0) is 8.48. The number of likely N-dealkylation sites (tertiary alicyclic amines) is 1. The first-order valence-corrected chi connectivity index (χ1v) is 5.11. The monoisotopic (exact) mass is 179 g/mol. The first-order valence-electron chi connectivity index (χ1n) is 3.31. The molecule has 0 saturated carbocycles. The lowest BCUT2D eigenvalue weighted by atomic mass is 10.4. The van der Waals surface area contributed by atoms with E-state index in [0.29, 0.717) is 19.4 Å². The SMILES string of the molecule is O=C1CCCN1CP(=O)(O)O. The Morgan fingerprint density at radius 2 is 2.18 bits per heavy atom. The summed E-state index contributed by atoms with van der Waals surface area (Å²) >= 11 is 0. The minimum Gasteiger partial charge on any atom is -0.331 e. The third-order valence-electron chi connectivity index (χ3n) is 1.53. The second-order valence-corrected chi connectivity index (χ2v) is 4.18. The van der Waals surface area contributed by atoms with E-state index in [-0.39, 0.29) is 5.91 Å². The van der Waals surface area contributed by atoms with Crippen molar-refractivity contribution in [1.82, 2.24) is 4.90 Å². The maximum Gasteiger partial charge on any atom is 0.344 e. The van der Waals surface area contributed by atoms with Crippen molar-refractivity contribution in [2.24, 2.45) is 0 Å². The fourth-order valence-electron chi connectivity index (χ4n) is 1.08. The third-order valence-corrected chi connectivity index (χ3v) is 2.24. The number of hydrogen-bond donors (Lipinski definition) is 2. The molecule has 1 aliphatic rings. The molecule has 1 saturated heterocycles. The molecular weight excluding hydrogens is 169 g/mol. The molecule has 0 atom stereocenters. The Morgan fingerprint density at radius 1 is 1.55 bits per heavy atom. The molecule has 5 nitrogen and oxygen atoms in total. The van der Waals surface area contributed by atoms with Crippen LogP contribution in [-0.2, 0) is 9.36 Å². The van der Waals surface area contributed by atoms with Crippen LogP contribution in [0.1, 0.15) is 12.8 Å². The smallest absolute Gasteiger partial charge is 0.331 e. The largest absolute Gasteiger partial charge is 0.344 e. The van der Waals surface area contributed by atoms with E-state index in [2.05, 4.69) is 0 Å². The topological polar surface area (TPSA) is 77.8 Å². The van der Waals surface area contributed by atoms with Crippen molar-refractivity contribution < 1.29 is 19.1 Å². The Bertz CT molecular complexity index is 211. The lowest BCUT2D eigenvalue weighted by Crippen LogP contribution is -2.25. The Hall–Kier alpha value is -0.380. The van der Waals surface area contributed by atoms with Gasteiger partial charge in [-0.15, -0.1) is 0 Å². The van der Waals surface area contributed by atoms with E-state index >= 15 is 0 Å². The van der Waals surface area contributed by atoms with Gasteiger partial charge in [0.05, 0.1) is 0 Å². The highest BCUT2D eigenvalue weighted by molar-refractivity contribution is 7.51. The fourth-order valence-corrected chi connectivity index (χ4v) is 1.82. The molecule has 1 fully saturated rings. The van der Waals surface area contributed by atoms with Gasteiger partial charge in [0.15, 0.2) is 0 Å². The summed E-state index contributed by atoms with van der Waals surface area (Å²) in [5.74, 6) is -0.159. The highest BCUT2D eigenvalue weighted by atomic mass is 31.2. The van der Waals surface area contributed by atoms with Crippen molar-refractivity contribution in [1.29, 1.82) is 0 Å². The number of carbonyl (C=O) groups excluding carboxylic acids is 1. The predicted octanol–water partition coefficient (Wildman–Crippen LogP) is -0.256. The van der Waals surface area contributed by atoms with Crippen LogP contribution in [0.25, 0.3) is 0 Å². The first-order chi connectivity index (χ1) is 4.99. The zero-order valence-corrected chi connectivity index (χ0v) is 6.83. The summed E-state index contributed by atoms with van der Waals surface area (Å²) in [6.07, 6.45) is 0.699. The molecule has 0 aromatic carbocycles. The number of rotatable bonds is 2. The van der Waals surface area contributed by atoms with Crippen LogP contribution in [0, 0.1) is 0 Å². The Morgan fingerprint density at radius 3 is 2.55 bits per heavy atom. The van der Waals surface area contributed by atoms with Crippen molar-refractivity contribution in [2.75, 3.05) is 12.8 Å².